The Kier molecular flexibility index (Phi) is 6.22. The highest BCUT2D eigenvalue weighted by Crippen LogP contribution is 2.35. The molecule has 0 amide bonds. The molecule has 1 atom stereocenters. The average molecular weight is 396 g/mol. The first kappa shape index (κ1) is 20.0. The second kappa shape index (κ2) is 9.02. The van der Waals surface area contributed by atoms with E-state index in [2.05, 4.69) is 29.6 Å². The average Bonchev–Trinajstić information content (AvgIpc) is 3.29. The van der Waals surface area contributed by atoms with Crippen molar-refractivity contribution in [2.24, 2.45) is 5.92 Å². The first-order valence-corrected chi connectivity index (χ1v) is 11.1. The molecule has 1 aliphatic heterocycles. The minimum atomic E-state index is 0.286. The van der Waals surface area contributed by atoms with Crippen molar-refractivity contribution in [1.82, 2.24) is 15.0 Å². The summed E-state index contributed by atoms with van der Waals surface area (Å²) in [6.07, 6.45) is 9.80. The van der Waals surface area contributed by atoms with E-state index >= 15 is 0 Å². The van der Waals surface area contributed by atoms with E-state index in [1.807, 2.05) is 12.1 Å². The zero-order chi connectivity index (χ0) is 20.2. The van der Waals surface area contributed by atoms with Crippen LogP contribution in [0.1, 0.15) is 69.2 Å². The highest BCUT2D eigenvalue weighted by molar-refractivity contribution is 5.58. The molecule has 2 heterocycles. The molecule has 0 N–H and O–H groups in total. The Labute approximate surface area is 174 Å². The van der Waals surface area contributed by atoms with Gasteiger partial charge in [-0.2, -0.15) is 4.98 Å². The summed E-state index contributed by atoms with van der Waals surface area (Å²) in [5.41, 5.74) is 3.47. The molecule has 0 spiro atoms. The number of likely N-dealkylation sites (tertiary alicyclic amines) is 1. The standard InChI is InChI=1S/C24H33N3O2/c1-4-18-15-20(12-13-22(18)28-3)23-25-24(29-26-23)21-11-8-14-27(16-21)17(2)19-9-6-5-7-10-19/h12-13,15,19,21H,2,4-11,14,16H2,1,3H3. The van der Waals surface area contributed by atoms with Gasteiger partial charge in [0.05, 0.1) is 13.0 Å². The number of hydrogen-bond acceptors (Lipinski definition) is 5. The topological polar surface area (TPSA) is 51.4 Å². The molecule has 1 saturated carbocycles. The molecule has 2 fully saturated rings. The summed E-state index contributed by atoms with van der Waals surface area (Å²) in [4.78, 5) is 7.25. The van der Waals surface area contributed by atoms with E-state index < -0.39 is 0 Å². The monoisotopic (exact) mass is 395 g/mol. The molecule has 5 heteroatoms. The normalized spacial score (nSPS) is 20.6. The van der Waals surface area contributed by atoms with Crippen LogP contribution in [0.3, 0.4) is 0 Å². The second-order valence-electron chi connectivity index (χ2n) is 8.45. The van der Waals surface area contributed by atoms with E-state index in [-0.39, 0.29) is 5.92 Å². The van der Waals surface area contributed by atoms with Crippen molar-refractivity contribution in [3.8, 4) is 17.1 Å². The Morgan fingerprint density at radius 3 is 2.79 bits per heavy atom. The molecule has 0 bridgehead atoms. The Morgan fingerprint density at radius 2 is 2.03 bits per heavy atom. The number of allylic oxidation sites excluding steroid dienone is 1. The number of ether oxygens (including phenoxy) is 1. The lowest BCUT2D eigenvalue weighted by atomic mass is 9.85. The van der Waals surface area contributed by atoms with E-state index in [0.717, 1.165) is 55.1 Å². The van der Waals surface area contributed by atoms with Crippen LogP contribution in [0, 0.1) is 5.92 Å². The molecule has 2 aliphatic rings. The molecule has 5 nitrogen and oxygen atoms in total. The first-order chi connectivity index (χ1) is 14.2. The molecular formula is C24H33N3O2. The van der Waals surface area contributed by atoms with Crippen LogP contribution in [0.4, 0.5) is 0 Å². The van der Waals surface area contributed by atoms with Crippen LogP contribution in [-0.4, -0.2) is 35.2 Å². The number of hydrogen-bond donors (Lipinski definition) is 0. The zero-order valence-electron chi connectivity index (χ0n) is 17.8. The van der Waals surface area contributed by atoms with Gasteiger partial charge in [-0.25, -0.2) is 0 Å². The number of methoxy groups -OCH3 is 1. The maximum absolute atomic E-state index is 5.71. The highest BCUT2D eigenvalue weighted by Gasteiger charge is 2.29. The van der Waals surface area contributed by atoms with Gasteiger partial charge in [0.2, 0.25) is 11.7 Å². The van der Waals surface area contributed by atoms with Gasteiger partial charge in [-0.1, -0.05) is 37.9 Å². The molecule has 1 unspecified atom stereocenters. The van der Waals surface area contributed by atoms with Gasteiger partial charge in [-0.3, -0.25) is 0 Å². The van der Waals surface area contributed by atoms with Crippen molar-refractivity contribution in [3.05, 3.63) is 41.9 Å². The second-order valence-corrected chi connectivity index (χ2v) is 8.45. The zero-order valence-corrected chi connectivity index (χ0v) is 17.8. The van der Waals surface area contributed by atoms with Gasteiger partial charge in [0, 0.05) is 24.4 Å². The summed E-state index contributed by atoms with van der Waals surface area (Å²) < 4.78 is 11.1. The molecular weight excluding hydrogens is 362 g/mol. The van der Waals surface area contributed by atoms with E-state index in [1.165, 1.54) is 37.8 Å². The molecule has 1 aromatic carbocycles. The van der Waals surface area contributed by atoms with Crippen molar-refractivity contribution < 1.29 is 9.26 Å². The van der Waals surface area contributed by atoms with Crippen molar-refractivity contribution in [2.45, 2.75) is 64.2 Å². The van der Waals surface area contributed by atoms with Gasteiger partial charge in [-0.15, -0.1) is 0 Å². The van der Waals surface area contributed by atoms with Gasteiger partial charge in [0.15, 0.2) is 0 Å². The Morgan fingerprint density at radius 1 is 1.21 bits per heavy atom. The predicted octanol–water partition coefficient (Wildman–Crippen LogP) is 5.58. The van der Waals surface area contributed by atoms with Crippen LogP contribution in [-0.2, 0) is 6.42 Å². The Hall–Kier alpha value is -2.30. The lowest BCUT2D eigenvalue weighted by Gasteiger charge is -2.38. The summed E-state index contributed by atoms with van der Waals surface area (Å²) >= 11 is 0. The van der Waals surface area contributed by atoms with Crippen LogP contribution in [0.2, 0.25) is 0 Å². The fourth-order valence-electron chi connectivity index (χ4n) is 4.85. The SMILES string of the molecule is C=C(C1CCCCC1)N1CCCC(c2nc(-c3ccc(OC)c(CC)c3)no2)C1. The lowest BCUT2D eigenvalue weighted by Crippen LogP contribution is -2.36. The van der Waals surface area contributed by atoms with E-state index in [0.29, 0.717) is 11.7 Å². The van der Waals surface area contributed by atoms with Gasteiger partial charge < -0.3 is 14.2 Å². The van der Waals surface area contributed by atoms with Crippen LogP contribution >= 0.6 is 0 Å². The van der Waals surface area contributed by atoms with Crippen LogP contribution in [0.25, 0.3) is 11.4 Å². The Bertz CT molecular complexity index is 838. The third-order valence-electron chi connectivity index (χ3n) is 6.61. The van der Waals surface area contributed by atoms with Crippen LogP contribution < -0.4 is 4.74 Å². The summed E-state index contributed by atoms with van der Waals surface area (Å²) in [6.45, 7) is 8.64. The molecule has 1 aromatic heterocycles. The van der Waals surface area contributed by atoms with Gasteiger partial charge >= 0.3 is 0 Å². The highest BCUT2D eigenvalue weighted by atomic mass is 16.5. The number of nitrogens with zero attached hydrogens (tertiary/aromatic N) is 3. The number of benzene rings is 1. The summed E-state index contributed by atoms with van der Waals surface area (Å²) in [6, 6.07) is 6.09. The summed E-state index contributed by atoms with van der Waals surface area (Å²) in [7, 11) is 1.70. The molecule has 4 rings (SSSR count). The van der Waals surface area contributed by atoms with E-state index in [1.54, 1.807) is 7.11 Å². The Balaban J connectivity index is 1.47. The predicted molar refractivity (Wildman–Crippen MR) is 115 cm³/mol. The van der Waals surface area contributed by atoms with Crippen molar-refractivity contribution in [1.29, 1.82) is 0 Å². The van der Waals surface area contributed by atoms with Gasteiger partial charge in [0.1, 0.15) is 5.75 Å². The minimum absolute atomic E-state index is 0.286. The number of rotatable bonds is 6. The fourth-order valence-corrected chi connectivity index (χ4v) is 4.85. The molecule has 156 valence electrons. The minimum Gasteiger partial charge on any atom is -0.496 e. The maximum Gasteiger partial charge on any atom is 0.231 e. The molecule has 2 aromatic rings. The lowest BCUT2D eigenvalue weighted by molar-refractivity contribution is 0.197. The van der Waals surface area contributed by atoms with E-state index in [4.69, 9.17) is 14.2 Å². The van der Waals surface area contributed by atoms with Gasteiger partial charge in [0.25, 0.3) is 0 Å². The molecule has 29 heavy (non-hydrogen) atoms. The molecule has 0 radical (unpaired) electrons. The van der Waals surface area contributed by atoms with Crippen molar-refractivity contribution >= 4 is 0 Å². The number of aryl methyl sites for hydroxylation is 1. The van der Waals surface area contributed by atoms with Crippen molar-refractivity contribution in [3.63, 3.8) is 0 Å². The van der Waals surface area contributed by atoms with Crippen LogP contribution in [0.15, 0.2) is 35.0 Å². The van der Waals surface area contributed by atoms with Crippen molar-refractivity contribution in [2.75, 3.05) is 20.2 Å². The third kappa shape index (κ3) is 4.34. The van der Waals surface area contributed by atoms with Crippen LogP contribution in [0.5, 0.6) is 5.75 Å². The quantitative estimate of drug-likeness (QED) is 0.639. The largest absolute Gasteiger partial charge is 0.496 e. The number of aromatic nitrogens is 2. The first-order valence-electron chi connectivity index (χ1n) is 11.1. The summed E-state index contributed by atoms with van der Waals surface area (Å²) in [5, 5.41) is 4.28. The molecule has 1 aliphatic carbocycles. The molecule has 1 saturated heterocycles. The summed E-state index contributed by atoms with van der Waals surface area (Å²) in [5.74, 6) is 3.28. The third-order valence-corrected chi connectivity index (χ3v) is 6.61. The number of piperidine rings is 1. The smallest absolute Gasteiger partial charge is 0.231 e. The van der Waals surface area contributed by atoms with E-state index in [9.17, 15) is 0 Å². The fraction of sp³-hybridized carbons (Fsp3) is 0.583. The van der Waals surface area contributed by atoms with Gasteiger partial charge in [-0.05, 0) is 61.8 Å². The maximum atomic E-state index is 5.71.